The third-order valence-corrected chi connectivity index (χ3v) is 3.62. The number of rotatable bonds is 6. The second-order valence-electron chi connectivity index (χ2n) is 5.34. The van der Waals surface area contributed by atoms with Crippen LogP contribution in [-0.2, 0) is 4.79 Å². The maximum absolute atomic E-state index is 11.5. The molecule has 2 rings (SSSR count). The van der Waals surface area contributed by atoms with E-state index in [0.717, 1.165) is 0 Å². The van der Waals surface area contributed by atoms with Crippen LogP contribution in [-0.4, -0.2) is 49.1 Å². The average Bonchev–Trinajstić information content (AvgIpc) is 3.12. The third kappa shape index (κ3) is 4.64. The predicted octanol–water partition coefficient (Wildman–Crippen LogP) is 0.729. The van der Waals surface area contributed by atoms with E-state index in [1.807, 2.05) is 0 Å². The Bertz CT molecular complexity index is 245. The molecule has 1 amide bonds. The summed E-state index contributed by atoms with van der Waals surface area (Å²) in [7, 11) is 0. The van der Waals surface area contributed by atoms with Crippen LogP contribution in [0.2, 0.25) is 0 Å². The SMILES string of the molecule is CCCN1CCC(NCC(=O)NC2CC2)CC1. The number of piperidine rings is 1. The van der Waals surface area contributed by atoms with Crippen molar-refractivity contribution in [2.24, 2.45) is 0 Å². The van der Waals surface area contributed by atoms with Crippen LogP contribution >= 0.6 is 0 Å². The van der Waals surface area contributed by atoms with Crippen molar-refractivity contribution in [2.45, 2.75) is 51.1 Å². The predicted molar refractivity (Wildman–Crippen MR) is 68.9 cm³/mol. The summed E-state index contributed by atoms with van der Waals surface area (Å²) in [6.45, 7) is 6.29. The first-order valence-electron chi connectivity index (χ1n) is 7.03. The van der Waals surface area contributed by atoms with Crippen LogP contribution in [0.3, 0.4) is 0 Å². The van der Waals surface area contributed by atoms with E-state index in [1.54, 1.807) is 0 Å². The fraction of sp³-hybridized carbons (Fsp3) is 0.923. The molecule has 0 aromatic heterocycles. The van der Waals surface area contributed by atoms with Crippen molar-refractivity contribution in [1.82, 2.24) is 15.5 Å². The van der Waals surface area contributed by atoms with Gasteiger partial charge in [0.2, 0.25) is 5.91 Å². The normalized spacial score (nSPS) is 22.6. The second-order valence-corrected chi connectivity index (χ2v) is 5.34. The van der Waals surface area contributed by atoms with Gasteiger partial charge in [0, 0.05) is 12.1 Å². The lowest BCUT2D eigenvalue weighted by atomic mass is 10.0. The Kier molecular flexibility index (Phi) is 4.80. The second kappa shape index (κ2) is 6.36. The van der Waals surface area contributed by atoms with Gasteiger partial charge in [-0.3, -0.25) is 4.79 Å². The molecule has 4 nitrogen and oxygen atoms in total. The van der Waals surface area contributed by atoms with Crippen LogP contribution in [0.5, 0.6) is 0 Å². The minimum Gasteiger partial charge on any atom is -0.352 e. The molecule has 2 N–H and O–H groups in total. The van der Waals surface area contributed by atoms with Gasteiger partial charge in [-0.15, -0.1) is 0 Å². The monoisotopic (exact) mass is 239 g/mol. The molecule has 1 aliphatic carbocycles. The van der Waals surface area contributed by atoms with E-state index in [9.17, 15) is 4.79 Å². The van der Waals surface area contributed by atoms with Crippen molar-refractivity contribution in [3.05, 3.63) is 0 Å². The highest BCUT2D eigenvalue weighted by molar-refractivity contribution is 5.78. The highest BCUT2D eigenvalue weighted by Gasteiger charge is 2.24. The smallest absolute Gasteiger partial charge is 0.234 e. The van der Waals surface area contributed by atoms with Gasteiger partial charge in [0.25, 0.3) is 0 Å². The van der Waals surface area contributed by atoms with Crippen LogP contribution in [0.4, 0.5) is 0 Å². The Hall–Kier alpha value is -0.610. The number of hydrogen-bond acceptors (Lipinski definition) is 3. The standard InChI is InChI=1S/C13H25N3O/c1-2-7-16-8-5-11(6-9-16)14-10-13(17)15-12-3-4-12/h11-12,14H,2-10H2,1H3,(H,15,17). The topological polar surface area (TPSA) is 44.4 Å². The van der Waals surface area contributed by atoms with E-state index in [-0.39, 0.29) is 5.91 Å². The molecule has 0 radical (unpaired) electrons. The van der Waals surface area contributed by atoms with E-state index in [1.165, 1.54) is 51.7 Å². The highest BCUT2D eigenvalue weighted by Crippen LogP contribution is 2.18. The number of hydrogen-bond donors (Lipinski definition) is 2. The first-order valence-corrected chi connectivity index (χ1v) is 7.03. The lowest BCUT2D eigenvalue weighted by molar-refractivity contribution is -0.120. The Morgan fingerprint density at radius 3 is 2.47 bits per heavy atom. The van der Waals surface area contributed by atoms with Gasteiger partial charge in [-0.2, -0.15) is 0 Å². The highest BCUT2D eigenvalue weighted by atomic mass is 16.2. The first-order chi connectivity index (χ1) is 8.28. The molecular formula is C13H25N3O. The third-order valence-electron chi connectivity index (χ3n) is 3.62. The van der Waals surface area contributed by atoms with Crippen LogP contribution < -0.4 is 10.6 Å². The van der Waals surface area contributed by atoms with Crippen molar-refractivity contribution in [2.75, 3.05) is 26.2 Å². The van der Waals surface area contributed by atoms with Crippen LogP contribution in [0.1, 0.15) is 39.0 Å². The van der Waals surface area contributed by atoms with E-state index >= 15 is 0 Å². The number of carbonyl (C=O) groups is 1. The maximum Gasteiger partial charge on any atom is 0.234 e. The molecule has 2 fully saturated rings. The van der Waals surface area contributed by atoms with Gasteiger partial charge >= 0.3 is 0 Å². The van der Waals surface area contributed by atoms with E-state index in [2.05, 4.69) is 22.5 Å². The molecule has 0 unspecified atom stereocenters. The molecule has 98 valence electrons. The number of nitrogens with zero attached hydrogens (tertiary/aromatic N) is 1. The zero-order chi connectivity index (χ0) is 12.1. The molecule has 17 heavy (non-hydrogen) atoms. The zero-order valence-electron chi connectivity index (χ0n) is 10.9. The summed E-state index contributed by atoms with van der Waals surface area (Å²) in [5, 5.41) is 6.39. The first kappa shape index (κ1) is 12.8. The quantitative estimate of drug-likeness (QED) is 0.718. The number of likely N-dealkylation sites (tertiary alicyclic amines) is 1. The minimum absolute atomic E-state index is 0.170. The summed E-state index contributed by atoms with van der Waals surface area (Å²) in [5.74, 6) is 0.170. The molecule has 4 heteroatoms. The van der Waals surface area contributed by atoms with Crippen molar-refractivity contribution in [1.29, 1.82) is 0 Å². The van der Waals surface area contributed by atoms with Crippen molar-refractivity contribution in [3.8, 4) is 0 Å². The maximum atomic E-state index is 11.5. The molecule has 1 heterocycles. The molecule has 0 atom stereocenters. The van der Waals surface area contributed by atoms with E-state index < -0.39 is 0 Å². The number of carbonyl (C=O) groups excluding carboxylic acids is 1. The Morgan fingerprint density at radius 2 is 1.88 bits per heavy atom. The van der Waals surface area contributed by atoms with Crippen LogP contribution in [0.25, 0.3) is 0 Å². The summed E-state index contributed by atoms with van der Waals surface area (Å²) in [6.07, 6.45) is 5.93. The van der Waals surface area contributed by atoms with E-state index in [4.69, 9.17) is 0 Å². The summed E-state index contributed by atoms with van der Waals surface area (Å²) in [5.41, 5.74) is 0. The van der Waals surface area contributed by atoms with Crippen LogP contribution in [0.15, 0.2) is 0 Å². The van der Waals surface area contributed by atoms with Gasteiger partial charge in [-0.05, 0) is 51.7 Å². The Labute approximate surface area is 104 Å². The Morgan fingerprint density at radius 1 is 1.18 bits per heavy atom. The molecule has 1 saturated carbocycles. The van der Waals surface area contributed by atoms with Gasteiger partial charge < -0.3 is 15.5 Å². The van der Waals surface area contributed by atoms with Crippen molar-refractivity contribution >= 4 is 5.91 Å². The van der Waals surface area contributed by atoms with Gasteiger partial charge in [0.15, 0.2) is 0 Å². The molecule has 0 aromatic rings. The number of nitrogens with one attached hydrogen (secondary N) is 2. The largest absolute Gasteiger partial charge is 0.352 e. The van der Waals surface area contributed by atoms with E-state index in [0.29, 0.717) is 18.6 Å². The molecular weight excluding hydrogens is 214 g/mol. The average molecular weight is 239 g/mol. The van der Waals surface area contributed by atoms with Crippen molar-refractivity contribution < 1.29 is 4.79 Å². The molecule has 1 saturated heterocycles. The lowest BCUT2D eigenvalue weighted by Crippen LogP contribution is -2.46. The molecule has 0 bridgehead atoms. The molecule has 1 aliphatic heterocycles. The zero-order valence-corrected chi connectivity index (χ0v) is 10.9. The molecule has 0 spiro atoms. The summed E-state index contributed by atoms with van der Waals surface area (Å²) in [6, 6.07) is 1.02. The summed E-state index contributed by atoms with van der Waals surface area (Å²) in [4.78, 5) is 14.0. The lowest BCUT2D eigenvalue weighted by Gasteiger charge is -2.32. The molecule has 2 aliphatic rings. The molecule has 0 aromatic carbocycles. The fourth-order valence-corrected chi connectivity index (χ4v) is 2.42. The van der Waals surface area contributed by atoms with Crippen molar-refractivity contribution in [3.63, 3.8) is 0 Å². The Balaban J connectivity index is 1.55. The van der Waals surface area contributed by atoms with Gasteiger partial charge in [-0.25, -0.2) is 0 Å². The van der Waals surface area contributed by atoms with Gasteiger partial charge in [0.05, 0.1) is 6.54 Å². The number of amides is 1. The van der Waals surface area contributed by atoms with Gasteiger partial charge in [-0.1, -0.05) is 6.92 Å². The summed E-state index contributed by atoms with van der Waals surface area (Å²) >= 11 is 0. The minimum atomic E-state index is 0.170. The fourth-order valence-electron chi connectivity index (χ4n) is 2.42. The summed E-state index contributed by atoms with van der Waals surface area (Å²) < 4.78 is 0. The van der Waals surface area contributed by atoms with Gasteiger partial charge in [0.1, 0.15) is 0 Å². The van der Waals surface area contributed by atoms with Crippen LogP contribution in [0, 0.1) is 0 Å².